The van der Waals surface area contributed by atoms with Gasteiger partial charge in [-0.15, -0.1) is 0 Å². The summed E-state index contributed by atoms with van der Waals surface area (Å²) >= 11 is 0. The normalized spacial score (nSPS) is 48.8. The average molecular weight is 633 g/mol. The van der Waals surface area contributed by atoms with E-state index in [9.17, 15) is 30.0 Å². The van der Waals surface area contributed by atoms with E-state index < -0.39 is 71.0 Å². The Bertz CT molecular complexity index is 1220. The van der Waals surface area contributed by atoms with Crippen LogP contribution in [-0.2, 0) is 19.1 Å². The van der Waals surface area contributed by atoms with Crippen LogP contribution in [0.3, 0.4) is 0 Å². The third-order valence-electron chi connectivity index (χ3n) is 15.0. The summed E-state index contributed by atoms with van der Waals surface area (Å²) in [6, 6.07) is 0. The van der Waals surface area contributed by atoms with Gasteiger partial charge in [0.25, 0.3) is 0 Å². The zero-order chi connectivity index (χ0) is 33.7. The Kier molecular flexibility index (Phi) is 8.54. The number of hydrogen-bond donors (Lipinski definition) is 4. The molecule has 4 fully saturated rings. The van der Waals surface area contributed by atoms with Crippen LogP contribution in [0.4, 0.5) is 0 Å². The van der Waals surface area contributed by atoms with Gasteiger partial charge >= 0.3 is 11.9 Å². The highest BCUT2D eigenvalue weighted by molar-refractivity contribution is 5.72. The number of allylic oxidation sites excluding steroid dienone is 1. The van der Waals surface area contributed by atoms with Crippen molar-refractivity contribution < 1.29 is 39.5 Å². The summed E-state index contributed by atoms with van der Waals surface area (Å²) in [4.78, 5) is 25.9. The van der Waals surface area contributed by atoms with Crippen LogP contribution in [0.5, 0.6) is 0 Å². The molecule has 0 aromatic carbocycles. The molecule has 4 N–H and O–H groups in total. The number of aliphatic hydroxyl groups excluding tert-OH is 4. The van der Waals surface area contributed by atoms with Gasteiger partial charge in [-0.05, 0) is 78.9 Å². The lowest BCUT2D eigenvalue weighted by Gasteiger charge is -2.73. The number of rotatable bonds is 5. The third-order valence-corrected chi connectivity index (χ3v) is 15.0. The van der Waals surface area contributed by atoms with E-state index >= 15 is 0 Å². The molecule has 8 heteroatoms. The van der Waals surface area contributed by atoms with Gasteiger partial charge < -0.3 is 29.9 Å². The molecule has 0 aliphatic heterocycles. The second kappa shape index (κ2) is 11.0. The van der Waals surface area contributed by atoms with Crippen LogP contribution >= 0.6 is 0 Å². The largest absolute Gasteiger partial charge is 0.458 e. The van der Waals surface area contributed by atoms with E-state index in [-0.39, 0.29) is 28.3 Å². The molecule has 5 rings (SSSR count). The van der Waals surface area contributed by atoms with E-state index in [0.717, 1.165) is 37.7 Å². The number of esters is 2. The van der Waals surface area contributed by atoms with Gasteiger partial charge in [0.15, 0.2) is 6.10 Å². The van der Waals surface area contributed by atoms with E-state index in [0.29, 0.717) is 18.8 Å². The van der Waals surface area contributed by atoms with Crippen molar-refractivity contribution in [1.29, 1.82) is 0 Å². The lowest BCUT2D eigenvalue weighted by Crippen LogP contribution is -2.76. The molecule has 5 aliphatic rings. The molecule has 0 heterocycles. The number of aliphatic hydroxyl groups is 4. The summed E-state index contributed by atoms with van der Waals surface area (Å²) in [5.41, 5.74) is -2.58. The van der Waals surface area contributed by atoms with Crippen molar-refractivity contribution >= 4 is 11.9 Å². The first kappa shape index (κ1) is 34.8. The fourth-order valence-electron chi connectivity index (χ4n) is 11.9. The van der Waals surface area contributed by atoms with E-state index in [1.54, 1.807) is 6.92 Å². The van der Waals surface area contributed by atoms with Crippen molar-refractivity contribution in [2.45, 2.75) is 145 Å². The van der Waals surface area contributed by atoms with Crippen LogP contribution in [0.2, 0.25) is 0 Å². The predicted octanol–water partition coefficient (Wildman–Crippen LogP) is 5.19. The van der Waals surface area contributed by atoms with E-state index in [2.05, 4.69) is 40.7 Å². The molecule has 0 saturated heterocycles. The number of carbonyl (C=O) groups excluding carboxylic acids is 2. The highest BCUT2D eigenvalue weighted by Gasteiger charge is 2.76. The molecule has 256 valence electrons. The third kappa shape index (κ3) is 4.50. The number of ether oxygens (including phenoxy) is 2. The van der Waals surface area contributed by atoms with Crippen molar-refractivity contribution in [3.05, 3.63) is 11.6 Å². The van der Waals surface area contributed by atoms with Crippen molar-refractivity contribution in [1.82, 2.24) is 0 Å². The highest BCUT2D eigenvalue weighted by Crippen LogP contribution is 2.76. The van der Waals surface area contributed by atoms with E-state index in [1.165, 1.54) is 6.92 Å². The zero-order valence-electron chi connectivity index (χ0n) is 29.4. The fraction of sp³-hybridized carbons (Fsp3) is 0.892. The first-order chi connectivity index (χ1) is 20.7. The Balaban J connectivity index is 1.68. The summed E-state index contributed by atoms with van der Waals surface area (Å²) in [5, 5.41) is 47.4. The van der Waals surface area contributed by atoms with Crippen LogP contribution in [0.25, 0.3) is 0 Å². The lowest BCUT2D eigenvalue weighted by atomic mass is 9.32. The Morgan fingerprint density at radius 3 is 2.16 bits per heavy atom. The minimum Gasteiger partial charge on any atom is -0.458 e. The van der Waals surface area contributed by atoms with E-state index in [1.807, 2.05) is 20.8 Å². The maximum Gasteiger partial charge on any atom is 0.309 e. The minimum atomic E-state index is -1.47. The number of hydrogen-bond acceptors (Lipinski definition) is 8. The van der Waals surface area contributed by atoms with Crippen LogP contribution in [0.15, 0.2) is 11.6 Å². The molecule has 4 saturated carbocycles. The fourth-order valence-corrected chi connectivity index (χ4v) is 11.9. The Morgan fingerprint density at radius 2 is 1.58 bits per heavy atom. The van der Waals surface area contributed by atoms with Gasteiger partial charge in [-0.1, -0.05) is 74.0 Å². The second-order valence-electron chi connectivity index (χ2n) is 17.6. The van der Waals surface area contributed by atoms with Gasteiger partial charge in [-0.2, -0.15) is 0 Å². The summed E-state index contributed by atoms with van der Waals surface area (Å²) in [5.74, 6) is -1.31. The van der Waals surface area contributed by atoms with Crippen LogP contribution in [-0.4, -0.2) is 69.5 Å². The van der Waals surface area contributed by atoms with Gasteiger partial charge in [-0.3, -0.25) is 9.59 Å². The van der Waals surface area contributed by atoms with E-state index in [4.69, 9.17) is 9.47 Å². The summed E-state index contributed by atoms with van der Waals surface area (Å²) in [6.07, 6.45) is 2.40. The van der Waals surface area contributed by atoms with Crippen molar-refractivity contribution in [2.75, 3.05) is 6.61 Å². The van der Waals surface area contributed by atoms with Crippen molar-refractivity contribution in [3.63, 3.8) is 0 Å². The van der Waals surface area contributed by atoms with Crippen molar-refractivity contribution in [3.8, 4) is 0 Å². The summed E-state index contributed by atoms with van der Waals surface area (Å²) in [6.45, 7) is 19.6. The first-order valence-corrected chi connectivity index (χ1v) is 17.4. The average Bonchev–Trinajstić information content (AvgIpc) is 2.96. The predicted molar refractivity (Wildman–Crippen MR) is 171 cm³/mol. The topological polar surface area (TPSA) is 134 Å². The molecule has 1 unspecified atom stereocenters. The first-order valence-electron chi connectivity index (χ1n) is 17.4. The zero-order valence-corrected chi connectivity index (χ0v) is 29.4. The monoisotopic (exact) mass is 632 g/mol. The SMILES string of the molecule is CCC(C)C(=O)O[C@H]1[C@H](OC(C)=O)C(C)(C)C[C@H]2C3=CC[C@@H]4[C@@]5(C)CC[C@H](O)C(C)(C)[C@@H]5CC[C@@]4(C)[C@]3(C)[C@@H](O)[C@@H](O)[C@]21CO. The van der Waals surface area contributed by atoms with Gasteiger partial charge in [0.1, 0.15) is 6.10 Å². The highest BCUT2D eigenvalue weighted by atomic mass is 16.6. The second-order valence-corrected chi connectivity index (χ2v) is 17.6. The summed E-state index contributed by atoms with van der Waals surface area (Å²) in [7, 11) is 0. The molecular weight excluding hydrogens is 572 g/mol. The Hall–Kier alpha value is -1.48. The number of carbonyl (C=O) groups is 2. The van der Waals surface area contributed by atoms with Crippen LogP contribution < -0.4 is 0 Å². The Labute approximate surface area is 270 Å². The molecule has 0 bridgehead atoms. The lowest BCUT2D eigenvalue weighted by molar-refractivity contribution is -0.293. The molecule has 45 heavy (non-hydrogen) atoms. The number of fused-ring (bicyclic) bond motifs is 7. The van der Waals surface area contributed by atoms with Gasteiger partial charge in [0.05, 0.1) is 36.3 Å². The van der Waals surface area contributed by atoms with Gasteiger partial charge in [-0.25, -0.2) is 0 Å². The van der Waals surface area contributed by atoms with Gasteiger partial charge in [0, 0.05) is 17.8 Å². The molecule has 0 spiro atoms. The molecule has 5 aliphatic carbocycles. The smallest absolute Gasteiger partial charge is 0.309 e. The molecule has 0 aromatic rings. The molecule has 0 amide bonds. The van der Waals surface area contributed by atoms with Crippen LogP contribution in [0.1, 0.15) is 114 Å². The van der Waals surface area contributed by atoms with Crippen molar-refractivity contribution in [2.24, 2.45) is 56.2 Å². The molecule has 13 atom stereocenters. The molecule has 8 nitrogen and oxygen atoms in total. The minimum absolute atomic E-state index is 0.0580. The maximum absolute atomic E-state index is 13.4. The molecular formula is C37H60O8. The quantitative estimate of drug-likeness (QED) is 0.240. The molecule has 0 aromatic heterocycles. The molecule has 0 radical (unpaired) electrons. The Morgan fingerprint density at radius 1 is 0.933 bits per heavy atom. The van der Waals surface area contributed by atoms with Crippen LogP contribution in [0, 0.1) is 56.2 Å². The summed E-state index contributed by atoms with van der Waals surface area (Å²) < 4.78 is 12.1. The maximum atomic E-state index is 13.4. The standard InChI is InChI=1S/C37H60O8/c1-11-20(2)31(43)45-30-29(44-21(3)39)32(4,5)18-23-22-12-13-25-34(8)16-15-26(40)33(6,7)24(34)14-17-35(25,9)36(22,10)27(41)28(42)37(23,30)19-38/h12,20,23-30,38,40-42H,11,13-19H2,1-10H3/t20?,23-,24-,25+,26-,27-,28+,29-,30-,34-,35+,36-,37-/m0/s1. The van der Waals surface area contributed by atoms with Gasteiger partial charge in [0.2, 0.25) is 0 Å².